The molecule has 1 aliphatic rings. The molecule has 0 spiro atoms. The summed E-state index contributed by atoms with van der Waals surface area (Å²) in [5.41, 5.74) is 5.51. The molecule has 1 saturated carbocycles. The molecular formula is C26H29N7O2. The minimum absolute atomic E-state index is 0.422. The van der Waals surface area contributed by atoms with Gasteiger partial charge >= 0.3 is 0 Å². The van der Waals surface area contributed by atoms with Crippen molar-refractivity contribution in [2.24, 2.45) is 0 Å². The van der Waals surface area contributed by atoms with Gasteiger partial charge in [-0.1, -0.05) is 18.0 Å². The second kappa shape index (κ2) is 8.11. The van der Waals surface area contributed by atoms with Crippen LogP contribution in [0.1, 0.15) is 54.6 Å². The molecule has 2 N–H and O–H groups in total. The SMILES string of the molecule is COc1cc2c(cc1-c1c(C)noc1C)[nH]c1nc(C)nc(Nc3c(C)cnn3C3CCCC3)c12. The third kappa shape index (κ3) is 3.45. The fraction of sp³-hybridized carbons (Fsp3) is 0.385. The number of rotatable bonds is 5. The van der Waals surface area contributed by atoms with Gasteiger partial charge in [0.05, 0.1) is 36.0 Å². The van der Waals surface area contributed by atoms with Gasteiger partial charge in [0, 0.05) is 22.0 Å². The molecule has 9 nitrogen and oxygen atoms in total. The summed E-state index contributed by atoms with van der Waals surface area (Å²) in [7, 11) is 1.68. The smallest absolute Gasteiger partial charge is 0.145 e. The largest absolute Gasteiger partial charge is 0.496 e. The van der Waals surface area contributed by atoms with Crippen molar-refractivity contribution in [2.45, 2.75) is 59.4 Å². The molecule has 0 amide bonds. The van der Waals surface area contributed by atoms with Crippen molar-refractivity contribution in [2.75, 3.05) is 12.4 Å². The minimum atomic E-state index is 0.422. The zero-order valence-corrected chi connectivity index (χ0v) is 20.7. The maximum Gasteiger partial charge on any atom is 0.145 e. The lowest BCUT2D eigenvalue weighted by Gasteiger charge is -2.16. The monoisotopic (exact) mass is 471 g/mol. The molecule has 0 radical (unpaired) electrons. The molecule has 35 heavy (non-hydrogen) atoms. The van der Waals surface area contributed by atoms with Crippen LogP contribution in [0.2, 0.25) is 0 Å². The predicted molar refractivity (Wildman–Crippen MR) is 135 cm³/mol. The van der Waals surface area contributed by atoms with Crippen LogP contribution in [0.25, 0.3) is 33.1 Å². The third-order valence-electron chi connectivity index (χ3n) is 7.07. The maximum atomic E-state index is 5.82. The van der Waals surface area contributed by atoms with Gasteiger partial charge in [-0.25, -0.2) is 14.6 Å². The van der Waals surface area contributed by atoms with E-state index in [1.807, 2.05) is 33.0 Å². The van der Waals surface area contributed by atoms with Crippen molar-refractivity contribution in [3.05, 3.63) is 41.2 Å². The summed E-state index contributed by atoms with van der Waals surface area (Å²) >= 11 is 0. The highest BCUT2D eigenvalue weighted by Gasteiger charge is 2.24. The molecule has 180 valence electrons. The summed E-state index contributed by atoms with van der Waals surface area (Å²) in [4.78, 5) is 13.0. The summed E-state index contributed by atoms with van der Waals surface area (Å²) in [5, 5.41) is 14.4. The lowest BCUT2D eigenvalue weighted by molar-refractivity contribution is 0.393. The Morgan fingerprint density at radius 1 is 1.11 bits per heavy atom. The van der Waals surface area contributed by atoms with Crippen LogP contribution < -0.4 is 10.1 Å². The lowest BCUT2D eigenvalue weighted by Crippen LogP contribution is -2.11. The number of anilines is 2. The van der Waals surface area contributed by atoms with Crippen molar-refractivity contribution in [3.63, 3.8) is 0 Å². The van der Waals surface area contributed by atoms with E-state index in [0.717, 1.165) is 80.3 Å². The van der Waals surface area contributed by atoms with Gasteiger partial charge in [-0.3, -0.25) is 0 Å². The summed E-state index contributed by atoms with van der Waals surface area (Å²) in [6.45, 7) is 7.84. The molecule has 4 aromatic heterocycles. The standard InChI is InChI=1S/C26H29N7O2/c1-13-12-27-33(17-8-6-7-9-17)26(13)31-25-23-18-11-21(34-5)19(22-14(2)32-35-15(22)3)10-20(18)30-24(23)28-16(4)29-25/h10-12,17H,6-9H2,1-5H3,(H2,28,29,30,31). The second-order valence-electron chi connectivity index (χ2n) is 9.45. The van der Waals surface area contributed by atoms with Gasteiger partial charge in [-0.15, -0.1) is 0 Å². The number of H-pyrrole nitrogens is 1. The number of hydrogen-bond donors (Lipinski definition) is 2. The zero-order chi connectivity index (χ0) is 24.3. The van der Waals surface area contributed by atoms with Gasteiger partial charge in [0.15, 0.2) is 0 Å². The van der Waals surface area contributed by atoms with Crippen molar-refractivity contribution in [1.29, 1.82) is 0 Å². The summed E-state index contributed by atoms with van der Waals surface area (Å²) < 4.78 is 13.4. The number of nitrogens with zero attached hydrogens (tertiary/aromatic N) is 5. The Kier molecular flexibility index (Phi) is 5.01. The molecule has 0 saturated heterocycles. The van der Waals surface area contributed by atoms with Crippen LogP contribution in [-0.4, -0.2) is 37.0 Å². The molecule has 6 rings (SSSR count). The summed E-state index contributed by atoms with van der Waals surface area (Å²) in [6, 6.07) is 4.54. The van der Waals surface area contributed by atoms with Crippen molar-refractivity contribution >= 4 is 33.6 Å². The van der Waals surface area contributed by atoms with Crippen LogP contribution in [0.4, 0.5) is 11.6 Å². The molecule has 9 heteroatoms. The number of benzene rings is 1. The molecule has 5 aromatic rings. The first-order chi connectivity index (χ1) is 16.9. The number of nitrogens with one attached hydrogen (secondary N) is 2. The van der Waals surface area contributed by atoms with Crippen LogP contribution in [0.5, 0.6) is 5.75 Å². The number of fused-ring (bicyclic) bond motifs is 3. The van der Waals surface area contributed by atoms with Crippen LogP contribution in [0, 0.1) is 27.7 Å². The molecule has 0 bridgehead atoms. The number of methoxy groups -OCH3 is 1. The zero-order valence-electron chi connectivity index (χ0n) is 20.7. The average molecular weight is 472 g/mol. The highest BCUT2D eigenvalue weighted by atomic mass is 16.5. The van der Waals surface area contributed by atoms with E-state index in [9.17, 15) is 0 Å². The van der Waals surface area contributed by atoms with Crippen molar-refractivity contribution in [3.8, 4) is 16.9 Å². The summed E-state index contributed by atoms with van der Waals surface area (Å²) in [5.74, 6) is 3.93. The van der Waals surface area contributed by atoms with Gasteiger partial charge in [0.1, 0.15) is 34.6 Å². The van der Waals surface area contributed by atoms with Crippen molar-refractivity contribution in [1.82, 2.24) is 29.9 Å². The second-order valence-corrected chi connectivity index (χ2v) is 9.45. The van der Waals surface area contributed by atoms with Gasteiger partial charge in [0.25, 0.3) is 0 Å². The van der Waals surface area contributed by atoms with Crippen LogP contribution in [0.3, 0.4) is 0 Å². The van der Waals surface area contributed by atoms with Crippen LogP contribution >= 0.6 is 0 Å². The Morgan fingerprint density at radius 2 is 1.91 bits per heavy atom. The van der Waals surface area contributed by atoms with E-state index in [1.165, 1.54) is 12.8 Å². The molecule has 1 aromatic carbocycles. The van der Waals surface area contributed by atoms with E-state index in [1.54, 1.807) is 7.11 Å². The molecular weight excluding hydrogens is 442 g/mol. The fourth-order valence-corrected chi connectivity index (χ4v) is 5.40. The lowest BCUT2D eigenvalue weighted by atomic mass is 10.0. The van der Waals surface area contributed by atoms with Gasteiger partial charge in [0.2, 0.25) is 0 Å². The van der Waals surface area contributed by atoms with Gasteiger partial charge < -0.3 is 19.6 Å². The molecule has 0 atom stereocenters. The van der Waals surface area contributed by atoms with Crippen molar-refractivity contribution < 1.29 is 9.26 Å². The molecule has 4 heterocycles. The molecule has 1 fully saturated rings. The number of aromatic nitrogens is 6. The Hall–Kier alpha value is -3.88. The maximum absolute atomic E-state index is 5.82. The quantitative estimate of drug-likeness (QED) is 0.321. The van der Waals surface area contributed by atoms with Crippen LogP contribution in [0.15, 0.2) is 22.9 Å². The first kappa shape index (κ1) is 21.6. The Bertz CT molecular complexity index is 1550. The number of ether oxygens (including phenoxy) is 1. The predicted octanol–water partition coefficient (Wildman–Crippen LogP) is 6.06. The topological polar surface area (TPSA) is 107 Å². The highest BCUT2D eigenvalue weighted by Crippen LogP contribution is 2.41. The van der Waals surface area contributed by atoms with Gasteiger partial charge in [-0.05, 0) is 52.7 Å². The molecule has 0 aliphatic heterocycles. The van der Waals surface area contributed by atoms with E-state index in [-0.39, 0.29) is 0 Å². The number of aromatic amines is 1. The molecule has 1 aliphatic carbocycles. The van der Waals surface area contributed by atoms with E-state index >= 15 is 0 Å². The Morgan fingerprint density at radius 3 is 2.63 bits per heavy atom. The number of hydrogen-bond acceptors (Lipinski definition) is 7. The van der Waals surface area contributed by atoms with Crippen LogP contribution in [-0.2, 0) is 0 Å². The number of aryl methyl sites for hydroxylation is 4. The Labute approximate surface area is 202 Å². The average Bonchev–Trinajstić information content (AvgIpc) is 3.61. The van der Waals surface area contributed by atoms with E-state index < -0.39 is 0 Å². The fourth-order valence-electron chi connectivity index (χ4n) is 5.40. The van der Waals surface area contributed by atoms with Gasteiger partial charge in [-0.2, -0.15) is 5.10 Å². The van der Waals surface area contributed by atoms with E-state index in [4.69, 9.17) is 24.3 Å². The van der Waals surface area contributed by atoms with E-state index in [2.05, 4.69) is 33.1 Å². The van der Waals surface area contributed by atoms with E-state index in [0.29, 0.717) is 11.9 Å². The summed E-state index contributed by atoms with van der Waals surface area (Å²) in [6.07, 6.45) is 6.73. The first-order valence-electron chi connectivity index (χ1n) is 12.1. The normalized spacial score (nSPS) is 14.4. The molecule has 0 unspecified atom stereocenters. The Balaban J connectivity index is 1.54. The first-order valence-corrected chi connectivity index (χ1v) is 12.1. The minimum Gasteiger partial charge on any atom is -0.496 e. The highest BCUT2D eigenvalue weighted by molar-refractivity contribution is 6.13. The third-order valence-corrected chi connectivity index (χ3v) is 7.07.